The third-order valence-corrected chi connectivity index (χ3v) is 6.01. The molecule has 34 heavy (non-hydrogen) atoms. The highest BCUT2D eigenvalue weighted by atomic mass is 35.5. The summed E-state index contributed by atoms with van der Waals surface area (Å²) in [7, 11) is 0. The first-order valence-electron chi connectivity index (χ1n) is 10.4. The number of hydrogen-bond donors (Lipinski definition) is 4. The van der Waals surface area contributed by atoms with Crippen LogP contribution in [0.1, 0.15) is 28.5 Å². The fourth-order valence-corrected chi connectivity index (χ4v) is 4.36. The third-order valence-electron chi connectivity index (χ3n) is 5.77. The van der Waals surface area contributed by atoms with Gasteiger partial charge >= 0.3 is 5.97 Å². The number of nitrogens with zero attached hydrogens (tertiary/aromatic N) is 3. The van der Waals surface area contributed by atoms with Crippen LogP contribution in [0, 0.1) is 0 Å². The van der Waals surface area contributed by atoms with Gasteiger partial charge in [0.2, 0.25) is 5.91 Å². The van der Waals surface area contributed by atoms with Crippen molar-refractivity contribution in [2.24, 2.45) is 5.10 Å². The molecule has 0 fully saturated rings. The first-order valence-corrected chi connectivity index (χ1v) is 10.8. The van der Waals surface area contributed by atoms with Crippen LogP contribution in [-0.4, -0.2) is 27.9 Å². The smallest absolute Gasteiger partial charge is 0.335 e. The van der Waals surface area contributed by atoms with Crippen molar-refractivity contribution in [2.45, 2.75) is 18.9 Å². The predicted octanol–water partition coefficient (Wildman–Crippen LogP) is 2.77. The number of aromatic nitrogens is 1. The van der Waals surface area contributed by atoms with Crippen molar-refractivity contribution in [1.82, 2.24) is 15.6 Å². The maximum Gasteiger partial charge on any atom is 0.335 e. The Bertz CT molecular complexity index is 1390. The fraction of sp³-hybridized carbons (Fsp3) is 0.130. The number of hydrazine groups is 2. The molecule has 1 atom stereocenters. The number of nitrogens with one attached hydrogen (secondary N) is 3. The van der Waals surface area contributed by atoms with E-state index in [1.807, 2.05) is 12.1 Å². The summed E-state index contributed by atoms with van der Waals surface area (Å²) >= 11 is 6.24. The summed E-state index contributed by atoms with van der Waals surface area (Å²) in [5.74, 6) is -1.37. The number of rotatable bonds is 5. The van der Waals surface area contributed by atoms with E-state index in [-0.39, 0.29) is 17.0 Å². The molecule has 0 spiro atoms. The summed E-state index contributed by atoms with van der Waals surface area (Å²) in [5.41, 5.74) is 8.72. The first-order chi connectivity index (χ1) is 16.4. The van der Waals surface area contributed by atoms with Gasteiger partial charge in [0.05, 0.1) is 11.3 Å². The molecule has 1 aromatic heterocycles. The maximum atomic E-state index is 13.1. The van der Waals surface area contributed by atoms with Crippen LogP contribution in [0.25, 0.3) is 11.1 Å². The normalized spacial score (nSPS) is 16.3. The van der Waals surface area contributed by atoms with Crippen molar-refractivity contribution in [3.05, 3.63) is 81.2 Å². The molecular formula is C23H19ClN6O4. The second kappa shape index (κ2) is 8.65. The van der Waals surface area contributed by atoms with Crippen molar-refractivity contribution in [3.63, 3.8) is 0 Å². The van der Waals surface area contributed by atoms with E-state index in [9.17, 15) is 14.4 Å². The van der Waals surface area contributed by atoms with Crippen molar-refractivity contribution in [2.75, 3.05) is 10.3 Å². The van der Waals surface area contributed by atoms with Gasteiger partial charge in [0.25, 0.3) is 5.56 Å². The molecule has 0 bridgehead atoms. The van der Waals surface area contributed by atoms with Gasteiger partial charge < -0.3 is 15.0 Å². The zero-order chi connectivity index (χ0) is 23.8. The molecule has 2 aromatic carbocycles. The van der Waals surface area contributed by atoms with E-state index in [1.54, 1.807) is 23.5 Å². The topological polar surface area (TPSA) is 128 Å². The summed E-state index contributed by atoms with van der Waals surface area (Å²) < 4.78 is 1.51. The number of aryl methyl sites for hydroxylation is 1. The monoisotopic (exact) mass is 478 g/mol. The van der Waals surface area contributed by atoms with Crippen LogP contribution >= 0.6 is 11.6 Å². The molecule has 5 rings (SSSR count). The van der Waals surface area contributed by atoms with E-state index < -0.39 is 12.0 Å². The number of carbonyl (C=O) groups is 2. The van der Waals surface area contributed by atoms with E-state index in [4.69, 9.17) is 16.7 Å². The lowest BCUT2D eigenvalue weighted by Crippen LogP contribution is -2.37. The van der Waals surface area contributed by atoms with Gasteiger partial charge in [-0.15, -0.1) is 5.53 Å². The number of fused-ring (bicyclic) bond motifs is 1. The summed E-state index contributed by atoms with van der Waals surface area (Å²) in [6.45, 7) is 0. The number of aromatic carboxylic acids is 1. The number of carbonyl (C=O) groups excluding carboxylic acids is 1. The summed E-state index contributed by atoms with van der Waals surface area (Å²) in [6.07, 6.45) is 2.60. The lowest BCUT2D eigenvalue weighted by atomic mass is 10.0. The van der Waals surface area contributed by atoms with E-state index in [0.29, 0.717) is 29.1 Å². The Morgan fingerprint density at radius 1 is 1.12 bits per heavy atom. The van der Waals surface area contributed by atoms with Crippen LogP contribution < -0.4 is 27.0 Å². The molecule has 2 aliphatic heterocycles. The minimum Gasteiger partial charge on any atom is -0.478 e. The SMILES string of the molecule is O=C(O)c1ccc(NC(=O)C2CCc3cc(-c4cc(Cl)ccc4N4C=NNN4)cc(=O)n32)cc1. The summed E-state index contributed by atoms with van der Waals surface area (Å²) in [6, 6.07) is 13.9. The Kier molecular flexibility index (Phi) is 5.52. The third kappa shape index (κ3) is 4.00. The second-order valence-corrected chi connectivity index (χ2v) is 8.31. The Balaban J connectivity index is 1.44. The molecule has 3 aromatic rings. The zero-order valence-corrected chi connectivity index (χ0v) is 18.4. The number of hydrogen-bond acceptors (Lipinski definition) is 7. The predicted molar refractivity (Wildman–Crippen MR) is 128 cm³/mol. The Morgan fingerprint density at radius 3 is 2.62 bits per heavy atom. The highest BCUT2D eigenvalue weighted by Crippen LogP contribution is 2.35. The standard InChI is InChI=1S/C23H19ClN6O4/c24-15-3-7-19(29-12-25-27-28-29)18(11-15)14-9-17-6-8-20(30(17)21(31)10-14)22(32)26-16-4-1-13(2-5-16)23(33)34/h1-5,7,9-12,20,27-28H,6,8H2,(H,26,32)(H,33,34). The molecule has 10 nitrogen and oxygen atoms in total. The minimum absolute atomic E-state index is 0.125. The molecule has 0 aliphatic carbocycles. The van der Waals surface area contributed by atoms with Crippen LogP contribution in [0.5, 0.6) is 0 Å². The van der Waals surface area contributed by atoms with Gasteiger partial charge in [-0.1, -0.05) is 11.6 Å². The number of anilines is 2. The Hall–Kier alpha value is -4.15. The van der Waals surface area contributed by atoms with Gasteiger partial charge in [-0.25, -0.2) is 15.3 Å². The van der Waals surface area contributed by atoms with Gasteiger partial charge in [0.15, 0.2) is 0 Å². The number of hydrazone groups is 1. The lowest BCUT2D eigenvalue weighted by molar-refractivity contribution is -0.119. The van der Waals surface area contributed by atoms with Crippen LogP contribution in [-0.2, 0) is 11.2 Å². The molecule has 1 amide bonds. The Labute approximate surface area is 198 Å². The van der Waals surface area contributed by atoms with Gasteiger partial charge in [-0.2, -0.15) is 5.10 Å². The fourth-order valence-electron chi connectivity index (χ4n) is 4.19. The number of pyridine rings is 1. The van der Waals surface area contributed by atoms with E-state index in [2.05, 4.69) is 21.5 Å². The summed E-state index contributed by atoms with van der Waals surface area (Å²) in [4.78, 5) is 37.1. The van der Waals surface area contributed by atoms with E-state index >= 15 is 0 Å². The number of carboxylic acids is 1. The van der Waals surface area contributed by atoms with Crippen LogP contribution in [0.4, 0.5) is 11.4 Å². The van der Waals surface area contributed by atoms with Crippen LogP contribution in [0.15, 0.2) is 64.5 Å². The molecule has 0 saturated heterocycles. The van der Waals surface area contributed by atoms with E-state index in [1.165, 1.54) is 34.9 Å². The van der Waals surface area contributed by atoms with Crippen molar-refractivity contribution < 1.29 is 14.7 Å². The van der Waals surface area contributed by atoms with E-state index in [0.717, 1.165) is 16.9 Å². The minimum atomic E-state index is -1.04. The van der Waals surface area contributed by atoms with Crippen LogP contribution in [0.3, 0.4) is 0 Å². The average Bonchev–Trinajstić information content (AvgIpc) is 3.50. The first kappa shape index (κ1) is 21.7. The van der Waals surface area contributed by atoms with Gasteiger partial charge in [0.1, 0.15) is 12.4 Å². The van der Waals surface area contributed by atoms with Gasteiger partial charge in [-0.05, 0) is 66.9 Å². The molecule has 172 valence electrons. The lowest BCUT2D eigenvalue weighted by Gasteiger charge is -2.19. The molecule has 0 radical (unpaired) electrons. The highest BCUT2D eigenvalue weighted by molar-refractivity contribution is 6.31. The number of halogens is 1. The maximum absolute atomic E-state index is 13.1. The number of amides is 1. The molecule has 0 saturated carbocycles. The zero-order valence-electron chi connectivity index (χ0n) is 17.7. The van der Waals surface area contributed by atoms with Gasteiger partial charge in [-0.3, -0.25) is 9.59 Å². The molecule has 11 heteroatoms. The van der Waals surface area contributed by atoms with Gasteiger partial charge in [0, 0.05) is 28.0 Å². The molecule has 4 N–H and O–H groups in total. The second-order valence-electron chi connectivity index (χ2n) is 7.87. The molecule has 3 heterocycles. The highest BCUT2D eigenvalue weighted by Gasteiger charge is 2.30. The average molecular weight is 479 g/mol. The quantitative estimate of drug-likeness (QED) is 0.444. The number of benzene rings is 2. The van der Waals surface area contributed by atoms with Crippen molar-refractivity contribution in [3.8, 4) is 11.1 Å². The Morgan fingerprint density at radius 2 is 1.91 bits per heavy atom. The molecule has 2 aliphatic rings. The van der Waals surface area contributed by atoms with Crippen molar-refractivity contribution >= 4 is 41.2 Å². The number of carboxylic acid groups (broad SMARTS) is 1. The van der Waals surface area contributed by atoms with Crippen LogP contribution in [0.2, 0.25) is 5.02 Å². The summed E-state index contributed by atoms with van der Waals surface area (Å²) in [5, 5.41) is 17.9. The largest absolute Gasteiger partial charge is 0.478 e. The molecular weight excluding hydrogens is 460 g/mol. The molecule has 1 unspecified atom stereocenters. The van der Waals surface area contributed by atoms with Crippen molar-refractivity contribution in [1.29, 1.82) is 0 Å².